The van der Waals surface area contributed by atoms with Crippen molar-refractivity contribution in [3.63, 3.8) is 0 Å². The number of carbonyl (C=O) groups is 2. The van der Waals surface area contributed by atoms with E-state index in [0.717, 1.165) is 16.8 Å². The fraction of sp³-hybridized carbons (Fsp3) is 0.370. The molecule has 5 rings (SSSR count). The number of halogens is 2. The predicted molar refractivity (Wildman–Crippen MR) is 136 cm³/mol. The van der Waals surface area contributed by atoms with Crippen molar-refractivity contribution in [3.05, 3.63) is 60.0 Å². The van der Waals surface area contributed by atoms with Gasteiger partial charge in [0.15, 0.2) is 0 Å². The minimum Gasteiger partial charge on any atom is -0.352 e. The Morgan fingerprint density at radius 2 is 2.00 bits per heavy atom. The highest BCUT2D eigenvalue weighted by Gasteiger charge is 2.64. The fourth-order valence-corrected chi connectivity index (χ4v) is 4.84. The molecule has 9 nitrogen and oxygen atoms in total. The van der Waals surface area contributed by atoms with Gasteiger partial charge in [-0.25, -0.2) is 18.7 Å². The van der Waals surface area contributed by atoms with Crippen molar-refractivity contribution in [2.24, 2.45) is 5.92 Å². The van der Waals surface area contributed by atoms with Crippen LogP contribution in [0.25, 0.3) is 11.3 Å². The van der Waals surface area contributed by atoms with Gasteiger partial charge in [-0.15, -0.1) is 0 Å². The van der Waals surface area contributed by atoms with Gasteiger partial charge in [-0.3, -0.25) is 9.59 Å². The molecular weight excluding hydrogens is 492 g/mol. The molecule has 0 bridgehead atoms. The number of anilines is 2. The van der Waals surface area contributed by atoms with Crippen LogP contribution in [0.5, 0.6) is 0 Å². The van der Waals surface area contributed by atoms with E-state index in [9.17, 15) is 23.6 Å². The van der Waals surface area contributed by atoms with Gasteiger partial charge in [0.05, 0.1) is 23.7 Å². The highest BCUT2D eigenvalue weighted by Crippen LogP contribution is 2.51. The number of alkyl halides is 2. The monoisotopic (exact) mass is 519 g/mol. The minimum atomic E-state index is -2.91. The number of nitrogens with zero attached hydrogens (tertiary/aromatic N) is 5. The van der Waals surface area contributed by atoms with Crippen LogP contribution >= 0.6 is 0 Å². The van der Waals surface area contributed by atoms with Crippen molar-refractivity contribution < 1.29 is 18.4 Å². The van der Waals surface area contributed by atoms with Gasteiger partial charge in [0, 0.05) is 61.5 Å². The molecule has 1 saturated heterocycles. The summed E-state index contributed by atoms with van der Waals surface area (Å²) in [4.78, 5) is 34.8. The quantitative estimate of drug-likeness (QED) is 0.467. The molecule has 0 radical (unpaired) electrons. The van der Waals surface area contributed by atoms with Crippen LogP contribution in [0.1, 0.15) is 35.7 Å². The Kier molecular flexibility index (Phi) is 6.34. The standard InChI is InChI=1S/C27H27F2N7O2/c1-3-31-23(37)20-5-4-19(12-17(20)2)33-25-32-10-6-22(34-25)18-7-11-36(14-18)26(8-9-30)15-35(16-26)24(38)21-13-27(21,28)29/h4-7,10-12,14,21H,3,8,13,15-16H2,1-2H3,(H,31,37)(H,32,33,34). The SMILES string of the molecule is CCNC(=O)c1ccc(Nc2nccc(-c3ccn(C4(CC#N)CN(C(=O)C5CC5(F)F)C4)c3)n2)cc1C. The Balaban J connectivity index is 1.30. The normalized spacial score (nSPS) is 18.7. The molecule has 38 heavy (non-hydrogen) atoms. The lowest BCUT2D eigenvalue weighted by atomic mass is 9.86. The van der Waals surface area contributed by atoms with Gasteiger partial charge in [0.25, 0.3) is 11.8 Å². The third-order valence-corrected chi connectivity index (χ3v) is 7.07. The maximum Gasteiger partial charge on any atom is 0.260 e. The van der Waals surface area contributed by atoms with E-state index in [1.54, 1.807) is 24.4 Å². The number of aromatic nitrogens is 3. The van der Waals surface area contributed by atoms with E-state index < -0.39 is 29.7 Å². The van der Waals surface area contributed by atoms with Crippen LogP contribution < -0.4 is 10.6 Å². The molecule has 1 unspecified atom stereocenters. The molecule has 11 heteroatoms. The smallest absolute Gasteiger partial charge is 0.260 e. The molecule has 1 aromatic carbocycles. The minimum absolute atomic E-state index is 0.127. The Bertz CT molecular complexity index is 1440. The van der Waals surface area contributed by atoms with Crippen molar-refractivity contribution in [3.8, 4) is 17.3 Å². The highest BCUT2D eigenvalue weighted by atomic mass is 19.3. The molecule has 3 aromatic rings. The van der Waals surface area contributed by atoms with Gasteiger partial charge < -0.3 is 20.1 Å². The van der Waals surface area contributed by atoms with Crippen LogP contribution in [0.3, 0.4) is 0 Å². The molecule has 2 amide bonds. The van der Waals surface area contributed by atoms with Crippen molar-refractivity contribution in [1.82, 2.24) is 24.8 Å². The first-order valence-corrected chi connectivity index (χ1v) is 12.4. The summed E-state index contributed by atoms with van der Waals surface area (Å²) in [5, 5.41) is 15.4. The largest absolute Gasteiger partial charge is 0.352 e. The van der Waals surface area contributed by atoms with Crippen molar-refractivity contribution >= 4 is 23.5 Å². The van der Waals surface area contributed by atoms with Crippen molar-refractivity contribution in [2.75, 3.05) is 25.0 Å². The summed E-state index contributed by atoms with van der Waals surface area (Å²) in [7, 11) is 0. The van der Waals surface area contributed by atoms with Crippen LogP contribution in [-0.2, 0) is 10.3 Å². The van der Waals surface area contributed by atoms with Crippen LogP contribution in [0.2, 0.25) is 0 Å². The molecule has 3 heterocycles. The number of nitrogens with one attached hydrogen (secondary N) is 2. The molecule has 0 spiro atoms. The second-order valence-electron chi connectivity index (χ2n) is 9.86. The topological polar surface area (TPSA) is 116 Å². The van der Waals surface area contributed by atoms with Crippen LogP contribution in [0.15, 0.2) is 48.9 Å². The van der Waals surface area contributed by atoms with E-state index in [2.05, 4.69) is 26.7 Å². The van der Waals surface area contributed by atoms with E-state index in [-0.39, 0.29) is 25.4 Å². The number of rotatable bonds is 8. The summed E-state index contributed by atoms with van der Waals surface area (Å²) in [5.41, 5.74) is 2.92. The number of amides is 2. The number of nitriles is 1. The van der Waals surface area contributed by atoms with Gasteiger partial charge in [0.1, 0.15) is 5.92 Å². The highest BCUT2D eigenvalue weighted by molar-refractivity contribution is 5.96. The molecule has 2 N–H and O–H groups in total. The third kappa shape index (κ3) is 4.69. The second-order valence-corrected chi connectivity index (χ2v) is 9.86. The zero-order valence-corrected chi connectivity index (χ0v) is 21.0. The molecule has 2 aromatic heterocycles. The van der Waals surface area contributed by atoms with Gasteiger partial charge >= 0.3 is 0 Å². The molecule has 196 valence electrons. The molecule has 1 aliphatic heterocycles. The molecule has 2 fully saturated rings. The maximum atomic E-state index is 13.4. The Morgan fingerprint density at radius 3 is 2.66 bits per heavy atom. The Labute approximate surface area is 218 Å². The van der Waals surface area contributed by atoms with Gasteiger partial charge in [-0.05, 0) is 49.7 Å². The fourth-order valence-electron chi connectivity index (χ4n) is 4.84. The Morgan fingerprint density at radius 1 is 1.24 bits per heavy atom. The summed E-state index contributed by atoms with van der Waals surface area (Å²) in [6.45, 7) is 4.70. The van der Waals surface area contributed by atoms with Gasteiger partial charge in [0.2, 0.25) is 11.9 Å². The molecular formula is C27H27F2N7O2. The first-order chi connectivity index (χ1) is 18.2. The number of likely N-dealkylation sites (tertiary alicyclic amines) is 1. The number of carbonyl (C=O) groups excluding carboxylic acids is 2. The molecule has 1 aliphatic carbocycles. The number of aryl methyl sites for hydroxylation is 1. The second kappa shape index (κ2) is 9.52. The van der Waals surface area contributed by atoms with Crippen LogP contribution in [0, 0.1) is 24.2 Å². The van der Waals surface area contributed by atoms with E-state index >= 15 is 0 Å². The first-order valence-electron chi connectivity index (χ1n) is 12.4. The summed E-state index contributed by atoms with van der Waals surface area (Å²) < 4.78 is 28.6. The lowest BCUT2D eigenvalue weighted by Crippen LogP contribution is -2.64. The van der Waals surface area contributed by atoms with Gasteiger partial charge in [-0.1, -0.05) is 0 Å². The van der Waals surface area contributed by atoms with Crippen LogP contribution in [0.4, 0.5) is 20.4 Å². The third-order valence-electron chi connectivity index (χ3n) is 7.07. The number of hydrogen-bond donors (Lipinski definition) is 2. The lowest BCUT2D eigenvalue weighted by molar-refractivity contribution is -0.145. The predicted octanol–water partition coefficient (Wildman–Crippen LogP) is 3.85. The average molecular weight is 520 g/mol. The van der Waals surface area contributed by atoms with Crippen LogP contribution in [-0.4, -0.2) is 56.8 Å². The van der Waals surface area contributed by atoms with E-state index in [4.69, 9.17) is 0 Å². The lowest BCUT2D eigenvalue weighted by Gasteiger charge is -2.50. The first kappa shape index (κ1) is 25.3. The zero-order valence-electron chi connectivity index (χ0n) is 21.0. The average Bonchev–Trinajstić information content (AvgIpc) is 3.24. The van der Waals surface area contributed by atoms with E-state index in [1.807, 2.05) is 42.9 Å². The molecule has 1 atom stereocenters. The summed E-state index contributed by atoms with van der Waals surface area (Å²) >= 11 is 0. The zero-order chi connectivity index (χ0) is 27.1. The molecule has 1 saturated carbocycles. The maximum absolute atomic E-state index is 13.4. The summed E-state index contributed by atoms with van der Waals surface area (Å²) in [6.07, 6.45) is 5.04. The van der Waals surface area contributed by atoms with E-state index in [0.29, 0.717) is 23.8 Å². The number of hydrogen-bond acceptors (Lipinski definition) is 6. The molecule has 2 aliphatic rings. The van der Waals surface area contributed by atoms with E-state index in [1.165, 1.54) is 4.90 Å². The Hall–Kier alpha value is -4.33. The van der Waals surface area contributed by atoms with Crippen molar-refractivity contribution in [1.29, 1.82) is 5.26 Å². The summed E-state index contributed by atoms with van der Waals surface area (Å²) in [6, 6.07) is 11.2. The summed E-state index contributed by atoms with van der Waals surface area (Å²) in [5.74, 6) is -4.44. The number of benzene rings is 1. The van der Waals surface area contributed by atoms with Gasteiger partial charge in [-0.2, -0.15) is 5.26 Å². The van der Waals surface area contributed by atoms with Crippen molar-refractivity contribution in [2.45, 2.75) is 38.2 Å².